The molecule has 1 atom stereocenters. The molecule has 0 saturated carbocycles. The fraction of sp³-hybridized carbons (Fsp3) is 0.514. The lowest BCUT2D eigenvalue weighted by molar-refractivity contribution is -0.136. The van der Waals surface area contributed by atoms with Gasteiger partial charge < -0.3 is 38.5 Å². The maximum atomic E-state index is 13.2. The Hall–Kier alpha value is -4.62. The zero-order chi connectivity index (χ0) is 38.1. The number of carbonyl (C=O) groups excluding carboxylic acids is 6. The highest BCUT2D eigenvalue weighted by molar-refractivity contribution is 6.25. The first-order valence-corrected chi connectivity index (χ1v) is 18.0. The molecule has 2 aromatic rings. The molecule has 6 amide bonds. The molecule has 17 nitrogen and oxygen atoms in total. The molecule has 5 rings (SSSR count). The molecule has 1 fully saturated rings. The molecule has 2 aromatic carbocycles. The van der Waals surface area contributed by atoms with Crippen LogP contribution in [0.25, 0.3) is 0 Å². The zero-order valence-corrected chi connectivity index (χ0v) is 30.0. The van der Waals surface area contributed by atoms with Crippen LogP contribution in [-0.4, -0.2) is 157 Å². The summed E-state index contributed by atoms with van der Waals surface area (Å²) in [6.07, 6.45) is 0.158. The third-order valence-corrected chi connectivity index (χ3v) is 8.60. The predicted molar refractivity (Wildman–Crippen MR) is 189 cm³/mol. The average molecular weight is 755 g/mol. The van der Waals surface area contributed by atoms with Gasteiger partial charge in [-0.05, 0) is 30.7 Å². The summed E-state index contributed by atoms with van der Waals surface area (Å²) in [6.45, 7) is 5.91. The van der Waals surface area contributed by atoms with Gasteiger partial charge in [-0.1, -0.05) is 18.2 Å². The minimum atomic E-state index is -1.02. The first kappa shape index (κ1) is 40.6. The number of benzene rings is 2. The lowest BCUT2D eigenvalue weighted by Crippen LogP contribution is -2.54. The van der Waals surface area contributed by atoms with E-state index < -0.39 is 29.7 Å². The molecule has 1 saturated heterocycles. The number of carbonyl (C=O) groups is 6. The van der Waals surface area contributed by atoms with E-state index in [1.165, 1.54) is 4.90 Å². The molecule has 3 heterocycles. The number of nitrogens with zero attached hydrogens (tertiary/aromatic N) is 2. The van der Waals surface area contributed by atoms with Crippen LogP contribution < -0.4 is 10.6 Å². The fourth-order valence-corrected chi connectivity index (χ4v) is 5.94. The normalized spacial score (nSPS) is 16.7. The Labute approximate surface area is 312 Å². The average Bonchev–Trinajstić information content (AvgIpc) is 3.57. The van der Waals surface area contributed by atoms with Crippen LogP contribution in [0, 0.1) is 0 Å². The number of ether oxygens (including phenoxy) is 7. The number of amides is 6. The van der Waals surface area contributed by atoms with Crippen LogP contribution in [0.15, 0.2) is 42.5 Å². The number of hydrogen-bond acceptors (Lipinski definition) is 14. The van der Waals surface area contributed by atoms with Gasteiger partial charge in [0, 0.05) is 18.7 Å². The highest BCUT2D eigenvalue weighted by atomic mass is 16.6. The van der Waals surface area contributed by atoms with E-state index in [4.69, 9.17) is 33.2 Å². The summed E-state index contributed by atoms with van der Waals surface area (Å²) < 4.78 is 38.5. The van der Waals surface area contributed by atoms with Gasteiger partial charge in [-0.15, -0.1) is 0 Å². The Kier molecular flexibility index (Phi) is 16.0. The molecule has 3 aliphatic rings. The van der Waals surface area contributed by atoms with Gasteiger partial charge in [-0.2, -0.15) is 0 Å². The molecule has 2 N–H and O–H groups in total. The Morgan fingerprint density at radius 2 is 1.04 bits per heavy atom. The van der Waals surface area contributed by atoms with Crippen LogP contribution in [0.4, 0.5) is 5.69 Å². The first-order valence-electron chi connectivity index (χ1n) is 18.0. The molecule has 0 spiro atoms. The highest BCUT2D eigenvalue weighted by Gasteiger charge is 2.45. The number of anilines is 1. The van der Waals surface area contributed by atoms with E-state index in [1.54, 1.807) is 42.5 Å². The third-order valence-electron chi connectivity index (χ3n) is 8.60. The highest BCUT2D eigenvalue weighted by Crippen LogP contribution is 2.32. The van der Waals surface area contributed by atoms with Crippen molar-refractivity contribution in [2.45, 2.75) is 18.9 Å². The molecule has 0 bridgehead atoms. The molecule has 292 valence electrons. The fourth-order valence-electron chi connectivity index (χ4n) is 5.94. The Bertz CT molecular complexity index is 1600. The van der Waals surface area contributed by atoms with Crippen molar-refractivity contribution in [3.63, 3.8) is 0 Å². The van der Waals surface area contributed by atoms with Crippen LogP contribution >= 0.6 is 0 Å². The van der Waals surface area contributed by atoms with Gasteiger partial charge in [0.05, 0.1) is 121 Å². The Balaban J connectivity index is 0.768. The van der Waals surface area contributed by atoms with E-state index in [2.05, 4.69) is 10.6 Å². The Morgan fingerprint density at radius 3 is 1.56 bits per heavy atom. The van der Waals surface area contributed by atoms with E-state index in [1.807, 2.05) is 0 Å². The number of rotatable bonds is 26. The van der Waals surface area contributed by atoms with Gasteiger partial charge in [0.25, 0.3) is 23.6 Å². The van der Waals surface area contributed by atoms with Crippen molar-refractivity contribution in [1.29, 1.82) is 0 Å². The van der Waals surface area contributed by atoms with Crippen molar-refractivity contribution in [3.8, 4) is 0 Å². The first-order chi connectivity index (χ1) is 26.4. The maximum Gasteiger partial charge on any atom is 0.264 e. The molecule has 0 radical (unpaired) electrons. The standard InChI is InChI=1S/C37H46N4O13/c42-31-9-8-30(33(43)39-31)41-36(46)28-6-3-7-29(32(28)37(41)47)38-10-12-48-14-16-50-18-20-52-22-24-54-25-23-53-21-19-51-17-15-49-13-11-40-34(44)26-4-1-2-5-27(26)35(40)45/h1-7,30,38H,8-25H2,(H,39,42,43). The minimum Gasteiger partial charge on any atom is -0.382 e. The summed E-state index contributed by atoms with van der Waals surface area (Å²) in [7, 11) is 0. The van der Waals surface area contributed by atoms with Crippen molar-refractivity contribution in [2.24, 2.45) is 0 Å². The number of imide groups is 3. The Morgan fingerprint density at radius 1 is 0.556 bits per heavy atom. The summed E-state index contributed by atoms with van der Waals surface area (Å²) in [5, 5.41) is 5.32. The minimum absolute atomic E-state index is 0.0600. The molecular weight excluding hydrogens is 708 g/mol. The smallest absolute Gasteiger partial charge is 0.264 e. The molecule has 3 aliphatic heterocycles. The lowest BCUT2D eigenvalue weighted by atomic mass is 10.0. The summed E-state index contributed by atoms with van der Waals surface area (Å²) >= 11 is 0. The number of hydrogen-bond donors (Lipinski definition) is 2. The molecule has 0 aliphatic carbocycles. The van der Waals surface area contributed by atoms with Crippen LogP contribution in [0.1, 0.15) is 54.3 Å². The maximum absolute atomic E-state index is 13.2. The van der Waals surface area contributed by atoms with Crippen molar-refractivity contribution in [1.82, 2.24) is 15.1 Å². The topological polar surface area (TPSA) is 198 Å². The van der Waals surface area contributed by atoms with E-state index >= 15 is 0 Å². The van der Waals surface area contributed by atoms with Gasteiger partial charge in [0.2, 0.25) is 11.8 Å². The van der Waals surface area contributed by atoms with Gasteiger partial charge in [-0.3, -0.25) is 43.9 Å². The van der Waals surface area contributed by atoms with Crippen LogP contribution in [-0.2, 0) is 42.7 Å². The SMILES string of the molecule is O=C1CCC(N2C(=O)c3cccc(NCCOCCOCCOCCOCCOCCOCCOCCN4C(=O)c5ccccc5C4=O)c3C2=O)C(=O)N1. The second-order valence-electron chi connectivity index (χ2n) is 12.2. The second kappa shape index (κ2) is 21.3. The van der Waals surface area contributed by atoms with Crippen molar-refractivity contribution in [3.05, 3.63) is 64.7 Å². The van der Waals surface area contributed by atoms with Gasteiger partial charge in [-0.25, -0.2) is 0 Å². The zero-order valence-electron chi connectivity index (χ0n) is 30.0. The molecule has 17 heteroatoms. The summed E-state index contributed by atoms with van der Waals surface area (Å²) in [6, 6.07) is 10.6. The van der Waals surface area contributed by atoms with Crippen LogP contribution in [0.2, 0.25) is 0 Å². The van der Waals surface area contributed by atoms with E-state index in [0.717, 1.165) is 4.90 Å². The predicted octanol–water partition coefficient (Wildman–Crippen LogP) is 0.912. The van der Waals surface area contributed by atoms with Gasteiger partial charge >= 0.3 is 0 Å². The van der Waals surface area contributed by atoms with E-state index in [0.29, 0.717) is 109 Å². The van der Waals surface area contributed by atoms with Crippen LogP contribution in [0.5, 0.6) is 0 Å². The van der Waals surface area contributed by atoms with Crippen molar-refractivity contribution < 1.29 is 61.9 Å². The van der Waals surface area contributed by atoms with Gasteiger partial charge in [0.1, 0.15) is 6.04 Å². The summed E-state index contributed by atoms with van der Waals surface area (Å²) in [4.78, 5) is 76.7. The number of fused-ring (bicyclic) bond motifs is 2. The monoisotopic (exact) mass is 754 g/mol. The molecule has 54 heavy (non-hydrogen) atoms. The quantitative estimate of drug-likeness (QED) is 0.102. The second-order valence-corrected chi connectivity index (χ2v) is 12.2. The van der Waals surface area contributed by atoms with E-state index in [-0.39, 0.29) is 48.9 Å². The number of nitrogens with one attached hydrogen (secondary N) is 2. The largest absolute Gasteiger partial charge is 0.382 e. The summed E-state index contributed by atoms with van der Waals surface area (Å²) in [5.74, 6) is -2.78. The molecule has 0 aromatic heterocycles. The van der Waals surface area contributed by atoms with Crippen LogP contribution in [0.3, 0.4) is 0 Å². The lowest BCUT2D eigenvalue weighted by Gasteiger charge is -2.27. The molecule has 1 unspecified atom stereocenters. The van der Waals surface area contributed by atoms with Crippen molar-refractivity contribution in [2.75, 3.05) is 111 Å². The molecular formula is C37H46N4O13. The number of piperidine rings is 1. The van der Waals surface area contributed by atoms with Crippen molar-refractivity contribution >= 4 is 41.1 Å². The van der Waals surface area contributed by atoms with E-state index in [9.17, 15) is 28.8 Å². The van der Waals surface area contributed by atoms with Gasteiger partial charge in [0.15, 0.2) is 0 Å². The third kappa shape index (κ3) is 11.0. The summed E-state index contributed by atoms with van der Waals surface area (Å²) in [5.41, 5.74) is 1.74.